The van der Waals surface area contributed by atoms with Gasteiger partial charge >= 0.3 is 0 Å². The normalized spacial score (nSPS) is 10.2. The van der Waals surface area contributed by atoms with Crippen molar-refractivity contribution in [2.45, 2.75) is 19.4 Å². The second-order valence-electron chi connectivity index (χ2n) is 2.71. The Morgan fingerprint density at radius 2 is 2.29 bits per heavy atom. The van der Waals surface area contributed by atoms with Crippen LogP contribution in [0.15, 0.2) is 12.3 Å². The summed E-state index contributed by atoms with van der Waals surface area (Å²) in [6.45, 7) is 0.182. The third-order valence-corrected chi connectivity index (χ3v) is 1.79. The molecular formula is C9H9F2N3. The SMILES string of the molecule is N#CCc1cc(CN)ncc1C(F)F. The molecule has 0 aliphatic heterocycles. The Kier molecular flexibility index (Phi) is 3.48. The van der Waals surface area contributed by atoms with E-state index in [-0.39, 0.29) is 18.5 Å². The lowest BCUT2D eigenvalue weighted by Crippen LogP contribution is -2.03. The van der Waals surface area contributed by atoms with Crippen LogP contribution in [-0.4, -0.2) is 4.98 Å². The molecule has 1 heterocycles. The maximum Gasteiger partial charge on any atom is 0.265 e. The van der Waals surface area contributed by atoms with Gasteiger partial charge in [-0.1, -0.05) is 0 Å². The fraction of sp³-hybridized carbons (Fsp3) is 0.333. The van der Waals surface area contributed by atoms with Crippen molar-refractivity contribution in [1.29, 1.82) is 5.26 Å². The molecule has 0 fully saturated rings. The number of rotatable bonds is 3. The summed E-state index contributed by atoms with van der Waals surface area (Å²) in [5, 5.41) is 8.44. The Labute approximate surface area is 80.2 Å². The molecule has 1 aromatic rings. The highest BCUT2D eigenvalue weighted by Gasteiger charge is 2.13. The Hall–Kier alpha value is -1.54. The molecule has 3 nitrogen and oxygen atoms in total. The number of aromatic nitrogens is 1. The lowest BCUT2D eigenvalue weighted by Gasteiger charge is -2.06. The van der Waals surface area contributed by atoms with E-state index in [0.29, 0.717) is 11.3 Å². The molecule has 14 heavy (non-hydrogen) atoms. The number of pyridine rings is 1. The number of hydrogen-bond acceptors (Lipinski definition) is 3. The van der Waals surface area contributed by atoms with Crippen molar-refractivity contribution in [1.82, 2.24) is 4.98 Å². The highest BCUT2D eigenvalue weighted by Crippen LogP contribution is 2.22. The predicted octanol–water partition coefficient (Wildman–Crippen LogP) is 1.54. The second kappa shape index (κ2) is 4.63. The molecule has 0 saturated heterocycles. The number of nitrogens with two attached hydrogens (primary N) is 1. The lowest BCUT2D eigenvalue weighted by atomic mass is 10.1. The van der Waals surface area contributed by atoms with Gasteiger partial charge in [0.15, 0.2) is 0 Å². The summed E-state index contributed by atoms with van der Waals surface area (Å²) >= 11 is 0. The summed E-state index contributed by atoms with van der Waals surface area (Å²) in [5.41, 5.74) is 5.93. The summed E-state index contributed by atoms with van der Waals surface area (Å²) < 4.78 is 24.8. The van der Waals surface area contributed by atoms with E-state index in [1.165, 1.54) is 6.07 Å². The predicted molar refractivity (Wildman–Crippen MR) is 46.4 cm³/mol. The maximum atomic E-state index is 12.4. The Bertz CT molecular complexity index is 358. The second-order valence-corrected chi connectivity index (χ2v) is 2.71. The molecule has 0 aliphatic carbocycles. The van der Waals surface area contributed by atoms with E-state index >= 15 is 0 Å². The van der Waals surface area contributed by atoms with Crippen LogP contribution in [0.4, 0.5) is 8.78 Å². The molecule has 74 valence electrons. The van der Waals surface area contributed by atoms with Gasteiger partial charge in [0.1, 0.15) is 0 Å². The lowest BCUT2D eigenvalue weighted by molar-refractivity contribution is 0.150. The van der Waals surface area contributed by atoms with Crippen LogP contribution in [0, 0.1) is 11.3 Å². The molecule has 0 bridgehead atoms. The van der Waals surface area contributed by atoms with Gasteiger partial charge in [-0.15, -0.1) is 0 Å². The first-order chi connectivity index (χ1) is 6.69. The topological polar surface area (TPSA) is 62.7 Å². The molecule has 5 heteroatoms. The quantitative estimate of drug-likeness (QED) is 0.799. The number of hydrogen-bond donors (Lipinski definition) is 1. The van der Waals surface area contributed by atoms with Gasteiger partial charge in [0.05, 0.1) is 18.2 Å². The molecule has 0 atom stereocenters. The molecule has 1 rings (SSSR count). The van der Waals surface area contributed by atoms with E-state index in [1.54, 1.807) is 0 Å². The highest BCUT2D eigenvalue weighted by molar-refractivity contribution is 5.30. The fourth-order valence-corrected chi connectivity index (χ4v) is 1.10. The molecule has 0 saturated carbocycles. The van der Waals surface area contributed by atoms with Crippen molar-refractivity contribution < 1.29 is 8.78 Å². The third-order valence-electron chi connectivity index (χ3n) is 1.79. The Morgan fingerprint density at radius 3 is 2.79 bits per heavy atom. The van der Waals surface area contributed by atoms with Crippen molar-refractivity contribution in [3.8, 4) is 6.07 Å². The third kappa shape index (κ3) is 2.24. The molecular weight excluding hydrogens is 188 g/mol. The zero-order valence-electron chi connectivity index (χ0n) is 7.37. The zero-order valence-corrected chi connectivity index (χ0v) is 7.37. The van der Waals surface area contributed by atoms with Gasteiger partial charge in [-0.2, -0.15) is 5.26 Å². The van der Waals surface area contributed by atoms with Crippen molar-refractivity contribution in [2.24, 2.45) is 5.73 Å². The van der Waals surface area contributed by atoms with Gasteiger partial charge in [0.2, 0.25) is 0 Å². The van der Waals surface area contributed by atoms with Crippen LogP contribution >= 0.6 is 0 Å². The standard InChI is InChI=1S/C9H9F2N3/c10-9(11)8-5-14-7(4-13)3-6(8)1-2-12/h3,5,9H,1,4,13H2. The average molecular weight is 197 g/mol. The molecule has 0 spiro atoms. The van der Waals surface area contributed by atoms with Crippen LogP contribution in [-0.2, 0) is 13.0 Å². The van der Waals surface area contributed by atoms with Crippen molar-refractivity contribution in [3.63, 3.8) is 0 Å². The van der Waals surface area contributed by atoms with Crippen LogP contribution in [0.25, 0.3) is 0 Å². The minimum absolute atomic E-state index is 0.0464. The summed E-state index contributed by atoms with van der Waals surface area (Å²) in [5.74, 6) is 0. The zero-order chi connectivity index (χ0) is 10.6. The molecule has 0 aromatic carbocycles. The number of halogens is 2. The van der Waals surface area contributed by atoms with Crippen LogP contribution in [0.1, 0.15) is 23.2 Å². The molecule has 2 N–H and O–H groups in total. The molecule has 0 aliphatic rings. The van der Waals surface area contributed by atoms with Gasteiger partial charge in [0.25, 0.3) is 6.43 Å². The van der Waals surface area contributed by atoms with Crippen molar-refractivity contribution >= 4 is 0 Å². The van der Waals surface area contributed by atoms with E-state index in [2.05, 4.69) is 4.98 Å². The van der Waals surface area contributed by atoms with Crippen LogP contribution in [0.5, 0.6) is 0 Å². The number of nitriles is 1. The van der Waals surface area contributed by atoms with Gasteiger partial charge in [-0.05, 0) is 11.6 Å². The smallest absolute Gasteiger partial charge is 0.265 e. The van der Waals surface area contributed by atoms with Crippen LogP contribution < -0.4 is 5.73 Å². The first-order valence-electron chi connectivity index (χ1n) is 4.02. The summed E-state index contributed by atoms with van der Waals surface area (Å²) in [4.78, 5) is 3.75. The van der Waals surface area contributed by atoms with E-state index in [0.717, 1.165) is 6.20 Å². The summed E-state index contributed by atoms with van der Waals surface area (Å²) in [6.07, 6.45) is -1.56. The van der Waals surface area contributed by atoms with Gasteiger partial charge < -0.3 is 5.73 Å². The molecule has 0 unspecified atom stereocenters. The van der Waals surface area contributed by atoms with E-state index < -0.39 is 6.43 Å². The highest BCUT2D eigenvalue weighted by atomic mass is 19.3. The first kappa shape index (κ1) is 10.5. The summed E-state index contributed by atoms with van der Waals surface area (Å²) in [6, 6.07) is 3.28. The maximum absolute atomic E-state index is 12.4. The number of alkyl halides is 2. The van der Waals surface area contributed by atoms with Gasteiger partial charge in [-0.25, -0.2) is 8.78 Å². The largest absolute Gasteiger partial charge is 0.325 e. The average Bonchev–Trinajstić information content (AvgIpc) is 2.17. The first-order valence-corrected chi connectivity index (χ1v) is 4.02. The minimum atomic E-state index is -2.60. The summed E-state index contributed by atoms with van der Waals surface area (Å²) in [7, 11) is 0. The minimum Gasteiger partial charge on any atom is -0.325 e. The molecule has 0 radical (unpaired) electrons. The van der Waals surface area contributed by atoms with Crippen LogP contribution in [0.3, 0.4) is 0 Å². The molecule has 0 amide bonds. The fourth-order valence-electron chi connectivity index (χ4n) is 1.10. The number of nitrogens with zero attached hydrogens (tertiary/aromatic N) is 2. The van der Waals surface area contributed by atoms with E-state index in [1.807, 2.05) is 6.07 Å². The monoisotopic (exact) mass is 197 g/mol. The van der Waals surface area contributed by atoms with Gasteiger partial charge in [0, 0.05) is 18.3 Å². The van der Waals surface area contributed by atoms with Crippen molar-refractivity contribution in [3.05, 3.63) is 29.1 Å². The van der Waals surface area contributed by atoms with Gasteiger partial charge in [-0.3, -0.25) is 4.98 Å². The molecule has 1 aromatic heterocycles. The van der Waals surface area contributed by atoms with E-state index in [4.69, 9.17) is 11.0 Å². The Balaban J connectivity index is 3.11. The van der Waals surface area contributed by atoms with E-state index in [9.17, 15) is 8.78 Å². The van der Waals surface area contributed by atoms with Crippen LogP contribution in [0.2, 0.25) is 0 Å². The van der Waals surface area contributed by atoms with Crippen molar-refractivity contribution in [2.75, 3.05) is 0 Å². The Morgan fingerprint density at radius 1 is 1.57 bits per heavy atom.